The van der Waals surface area contributed by atoms with Crippen LogP contribution in [0.25, 0.3) is 0 Å². The number of hydrogen-bond acceptors (Lipinski definition) is 4. The van der Waals surface area contributed by atoms with E-state index in [0.717, 1.165) is 5.56 Å². The van der Waals surface area contributed by atoms with Gasteiger partial charge >= 0.3 is 0 Å². The first-order chi connectivity index (χ1) is 11.7. The summed E-state index contributed by atoms with van der Waals surface area (Å²) in [6, 6.07) is 9.64. The van der Waals surface area contributed by atoms with Crippen LogP contribution in [0.1, 0.15) is 38.7 Å². The maximum atomic E-state index is 12.4. The number of allylic oxidation sites excluding steroid dienone is 2. The number of imide groups is 1. The van der Waals surface area contributed by atoms with Crippen LogP contribution in [0, 0.1) is 5.92 Å². The molecular formula is C19H25NO4S. The zero-order valence-electron chi connectivity index (χ0n) is 14.7. The SMILES string of the molecule is CC(C)(CS(=O)(=O)CC/C=C/CC1CC(=O)NC1=O)c1ccccc1. The molecule has 0 aromatic heterocycles. The molecule has 1 aliphatic heterocycles. The first-order valence-corrected chi connectivity index (χ1v) is 10.3. The van der Waals surface area contributed by atoms with Gasteiger partial charge in [0.1, 0.15) is 0 Å². The van der Waals surface area contributed by atoms with E-state index in [1.54, 1.807) is 12.2 Å². The highest BCUT2D eigenvalue weighted by Gasteiger charge is 2.29. The lowest BCUT2D eigenvalue weighted by atomic mass is 9.87. The molecule has 5 nitrogen and oxygen atoms in total. The Kier molecular flexibility index (Phi) is 6.16. The molecule has 136 valence electrons. The normalized spacial score (nSPS) is 18.7. The topological polar surface area (TPSA) is 80.3 Å². The van der Waals surface area contributed by atoms with Crippen LogP contribution in [0.5, 0.6) is 0 Å². The van der Waals surface area contributed by atoms with E-state index in [9.17, 15) is 18.0 Å². The minimum Gasteiger partial charge on any atom is -0.296 e. The third-order valence-electron chi connectivity index (χ3n) is 4.38. The summed E-state index contributed by atoms with van der Waals surface area (Å²) < 4.78 is 24.8. The molecule has 1 aromatic carbocycles. The van der Waals surface area contributed by atoms with Crippen LogP contribution >= 0.6 is 0 Å². The molecule has 1 N–H and O–H groups in total. The summed E-state index contributed by atoms with van der Waals surface area (Å²) in [5.41, 5.74) is 0.567. The number of rotatable bonds is 8. The predicted molar refractivity (Wildman–Crippen MR) is 97.8 cm³/mol. The van der Waals surface area contributed by atoms with Crippen molar-refractivity contribution in [2.45, 2.75) is 38.5 Å². The molecule has 6 heteroatoms. The summed E-state index contributed by atoms with van der Waals surface area (Å²) in [7, 11) is -3.19. The summed E-state index contributed by atoms with van der Waals surface area (Å²) in [4.78, 5) is 22.5. The van der Waals surface area contributed by atoms with Gasteiger partial charge in [-0.05, 0) is 18.4 Å². The Morgan fingerprint density at radius 2 is 1.84 bits per heavy atom. The number of carbonyl (C=O) groups excluding carboxylic acids is 2. The zero-order valence-corrected chi connectivity index (χ0v) is 15.5. The number of nitrogens with one attached hydrogen (secondary N) is 1. The van der Waals surface area contributed by atoms with Gasteiger partial charge in [0, 0.05) is 11.8 Å². The van der Waals surface area contributed by atoms with Gasteiger partial charge in [-0.15, -0.1) is 0 Å². The zero-order chi connectivity index (χ0) is 18.5. The minimum atomic E-state index is -3.19. The fraction of sp³-hybridized carbons (Fsp3) is 0.474. The van der Waals surface area contributed by atoms with Crippen LogP contribution in [0.3, 0.4) is 0 Å². The Bertz CT molecular complexity index is 751. The van der Waals surface area contributed by atoms with E-state index in [-0.39, 0.29) is 35.7 Å². The lowest BCUT2D eigenvalue weighted by molar-refractivity contribution is -0.125. The first-order valence-electron chi connectivity index (χ1n) is 8.44. The monoisotopic (exact) mass is 363 g/mol. The van der Waals surface area contributed by atoms with E-state index < -0.39 is 15.3 Å². The molecule has 1 heterocycles. The molecular weight excluding hydrogens is 338 g/mol. The van der Waals surface area contributed by atoms with E-state index in [2.05, 4.69) is 5.32 Å². The van der Waals surface area contributed by atoms with Crippen LogP contribution in [-0.2, 0) is 24.8 Å². The molecule has 1 aromatic rings. The largest absolute Gasteiger partial charge is 0.296 e. The minimum absolute atomic E-state index is 0.0789. The van der Waals surface area contributed by atoms with Crippen molar-refractivity contribution in [1.29, 1.82) is 0 Å². The second-order valence-electron chi connectivity index (χ2n) is 7.15. The van der Waals surface area contributed by atoms with Crippen molar-refractivity contribution in [3.63, 3.8) is 0 Å². The van der Waals surface area contributed by atoms with Crippen molar-refractivity contribution in [2.75, 3.05) is 11.5 Å². The van der Waals surface area contributed by atoms with E-state index in [1.165, 1.54) is 0 Å². The summed E-state index contributed by atoms with van der Waals surface area (Å²) in [5, 5.41) is 2.27. The molecule has 2 amide bonds. The van der Waals surface area contributed by atoms with Gasteiger partial charge in [0.2, 0.25) is 11.8 Å². The average Bonchev–Trinajstić information content (AvgIpc) is 2.84. The molecule has 2 rings (SSSR count). The number of benzene rings is 1. The molecule has 0 radical (unpaired) electrons. The molecule has 1 saturated heterocycles. The van der Waals surface area contributed by atoms with Crippen molar-refractivity contribution < 1.29 is 18.0 Å². The van der Waals surface area contributed by atoms with Crippen LogP contribution in [0.2, 0.25) is 0 Å². The van der Waals surface area contributed by atoms with Crippen LogP contribution in [0.4, 0.5) is 0 Å². The van der Waals surface area contributed by atoms with Crippen LogP contribution < -0.4 is 5.32 Å². The smallest absolute Gasteiger partial charge is 0.230 e. The van der Waals surface area contributed by atoms with Gasteiger partial charge in [-0.25, -0.2) is 8.42 Å². The van der Waals surface area contributed by atoms with Crippen LogP contribution in [-0.4, -0.2) is 31.7 Å². The van der Waals surface area contributed by atoms with E-state index >= 15 is 0 Å². The summed E-state index contributed by atoms with van der Waals surface area (Å²) >= 11 is 0. The molecule has 1 atom stereocenters. The fourth-order valence-electron chi connectivity index (χ4n) is 3.02. The molecule has 1 unspecified atom stereocenters. The van der Waals surface area contributed by atoms with Crippen LogP contribution in [0.15, 0.2) is 42.5 Å². The molecule has 0 spiro atoms. The average molecular weight is 363 g/mol. The maximum absolute atomic E-state index is 12.4. The lowest BCUT2D eigenvalue weighted by Crippen LogP contribution is -2.29. The maximum Gasteiger partial charge on any atom is 0.230 e. The van der Waals surface area contributed by atoms with Gasteiger partial charge in [-0.1, -0.05) is 56.3 Å². The molecule has 1 aliphatic rings. The van der Waals surface area contributed by atoms with E-state index in [0.29, 0.717) is 12.8 Å². The van der Waals surface area contributed by atoms with Gasteiger partial charge in [0.05, 0.1) is 17.4 Å². The molecule has 0 saturated carbocycles. The quantitative estimate of drug-likeness (QED) is 0.568. The molecule has 25 heavy (non-hydrogen) atoms. The summed E-state index contributed by atoms with van der Waals surface area (Å²) in [6.45, 7) is 3.87. The Balaban J connectivity index is 1.82. The van der Waals surface area contributed by atoms with Gasteiger partial charge in [-0.2, -0.15) is 0 Å². The number of sulfone groups is 1. The second kappa shape index (κ2) is 7.95. The highest BCUT2D eigenvalue weighted by Crippen LogP contribution is 2.25. The van der Waals surface area contributed by atoms with E-state index in [4.69, 9.17) is 0 Å². The number of hydrogen-bond donors (Lipinski definition) is 1. The Hall–Kier alpha value is -1.95. The third kappa shape index (κ3) is 5.81. The molecule has 1 fully saturated rings. The van der Waals surface area contributed by atoms with Gasteiger partial charge in [0.15, 0.2) is 9.84 Å². The standard InChI is InChI=1S/C19H25NO4S/c1-19(2,16-10-6-3-7-11-16)14-25(23,24)12-8-4-5-9-15-13-17(21)20-18(15)22/h3-7,10-11,15H,8-9,12-14H2,1-2H3,(H,20,21,22)/b5-4+. The Morgan fingerprint density at radius 3 is 2.44 bits per heavy atom. The van der Waals surface area contributed by atoms with Crippen molar-refractivity contribution in [1.82, 2.24) is 5.32 Å². The molecule has 0 bridgehead atoms. The highest BCUT2D eigenvalue weighted by atomic mass is 32.2. The third-order valence-corrected chi connectivity index (χ3v) is 6.40. The van der Waals surface area contributed by atoms with Crippen molar-refractivity contribution in [2.24, 2.45) is 5.92 Å². The van der Waals surface area contributed by atoms with Crippen molar-refractivity contribution in [3.8, 4) is 0 Å². The van der Waals surface area contributed by atoms with E-state index in [1.807, 2.05) is 44.2 Å². The van der Waals surface area contributed by atoms with Crippen molar-refractivity contribution >= 4 is 21.7 Å². The van der Waals surface area contributed by atoms with Gasteiger partial charge < -0.3 is 0 Å². The Labute approximate surface area is 149 Å². The van der Waals surface area contributed by atoms with Crippen molar-refractivity contribution in [3.05, 3.63) is 48.0 Å². The lowest BCUT2D eigenvalue weighted by Gasteiger charge is -2.24. The highest BCUT2D eigenvalue weighted by molar-refractivity contribution is 7.91. The second-order valence-corrected chi connectivity index (χ2v) is 9.34. The number of carbonyl (C=O) groups is 2. The van der Waals surface area contributed by atoms with Gasteiger partial charge in [-0.3, -0.25) is 14.9 Å². The predicted octanol–water partition coefficient (Wildman–Crippen LogP) is 2.38. The summed E-state index contributed by atoms with van der Waals surface area (Å²) in [6.07, 6.45) is 4.67. The number of amides is 2. The first kappa shape index (κ1) is 19.4. The Morgan fingerprint density at radius 1 is 1.16 bits per heavy atom. The van der Waals surface area contributed by atoms with Gasteiger partial charge in [0.25, 0.3) is 0 Å². The molecule has 0 aliphatic carbocycles. The fourth-order valence-corrected chi connectivity index (χ4v) is 4.92. The summed E-state index contributed by atoms with van der Waals surface area (Å²) in [5.74, 6) is -0.634.